The average molecular weight is 385 g/mol. The van der Waals surface area contributed by atoms with Crippen molar-refractivity contribution in [2.45, 2.75) is 19.3 Å². The van der Waals surface area contributed by atoms with Crippen molar-refractivity contribution < 1.29 is 21.9 Å². The first-order chi connectivity index (χ1) is 10.9. The molecule has 0 aliphatic heterocycles. The fourth-order valence-corrected chi connectivity index (χ4v) is 3.18. The molecule has 0 aromatic carbocycles. The van der Waals surface area contributed by atoms with Crippen molar-refractivity contribution in [2.24, 2.45) is 0 Å². The van der Waals surface area contributed by atoms with E-state index in [0.717, 1.165) is 4.48 Å². The van der Waals surface area contributed by atoms with Crippen LogP contribution in [0, 0.1) is 0 Å². The first-order valence-electron chi connectivity index (χ1n) is 8.74. The van der Waals surface area contributed by atoms with Crippen LogP contribution in [0.4, 0.5) is 0 Å². The minimum atomic E-state index is -0.750. The maximum Gasteiger partial charge on any atom is 0.335 e. The van der Waals surface area contributed by atoms with E-state index in [2.05, 4.69) is 55.6 Å². The zero-order valence-corrected chi connectivity index (χ0v) is 19.0. The summed E-state index contributed by atoms with van der Waals surface area (Å²) in [5.74, 6) is 1.30. The molecule has 0 aromatic heterocycles. The molecule has 7 heteroatoms. The average Bonchev–Trinajstić information content (AvgIpc) is 2.37. The van der Waals surface area contributed by atoms with Crippen molar-refractivity contribution in [3.8, 4) is 0 Å². The third kappa shape index (κ3) is 20.1. The van der Waals surface area contributed by atoms with Crippen molar-refractivity contribution in [3.63, 3.8) is 0 Å². The Morgan fingerprint density at radius 3 is 1.29 bits per heavy atom. The maximum atomic E-state index is 8.29. The molecule has 0 saturated carbocycles. The van der Waals surface area contributed by atoms with E-state index in [1.54, 1.807) is 0 Å². The lowest BCUT2D eigenvalue weighted by Gasteiger charge is -2.34. The first kappa shape index (κ1) is 26.3. The highest BCUT2D eigenvalue weighted by atomic mass is 32.2. The number of thioether (sulfide) groups is 1. The topological polar surface area (TPSA) is 34.1 Å². The second-order valence-electron chi connectivity index (χ2n) is 8.90. The predicted octanol–water partition coefficient (Wildman–Crippen LogP) is 1.71. The van der Waals surface area contributed by atoms with Gasteiger partial charge in [-0.15, -0.1) is 0 Å². The maximum absolute atomic E-state index is 8.29. The molecule has 0 rings (SSSR count). The van der Waals surface area contributed by atoms with Gasteiger partial charge in [0.1, 0.15) is 0 Å². The summed E-state index contributed by atoms with van der Waals surface area (Å²) < 4.78 is 20.0. The number of nitrogens with zero attached hydrogens (tertiary/aromatic N) is 3. The van der Waals surface area contributed by atoms with Crippen molar-refractivity contribution >= 4 is 23.3 Å². The highest BCUT2D eigenvalue weighted by Gasteiger charge is 2.20. The Labute approximate surface area is 158 Å². The molecule has 0 spiro atoms. The van der Waals surface area contributed by atoms with Crippen LogP contribution in [0.1, 0.15) is 19.3 Å². The first-order valence-corrected chi connectivity index (χ1v) is 10.8. The summed E-state index contributed by atoms with van der Waals surface area (Å²) in [6.45, 7) is 6.51. The van der Waals surface area contributed by atoms with Gasteiger partial charge in [-0.2, -0.15) is 20.2 Å². The van der Waals surface area contributed by atoms with Gasteiger partial charge in [0.25, 0.3) is 0 Å². The van der Waals surface area contributed by atoms with Crippen LogP contribution in [0.15, 0.2) is 0 Å². The van der Waals surface area contributed by atoms with Gasteiger partial charge in [0.05, 0.1) is 82.1 Å². The van der Waals surface area contributed by atoms with E-state index in [9.17, 15) is 0 Å². The lowest BCUT2D eigenvalue weighted by molar-refractivity contribution is -0.914. The summed E-state index contributed by atoms with van der Waals surface area (Å²) in [5.41, 5.74) is 0. The second kappa shape index (κ2) is 13.3. The molecule has 24 heavy (non-hydrogen) atoms. The van der Waals surface area contributed by atoms with E-state index in [4.69, 9.17) is 8.42 Å². The monoisotopic (exact) mass is 384 g/mol. The fraction of sp³-hybridized carbons (Fsp3) is 1.00. The summed E-state index contributed by atoms with van der Waals surface area (Å²) >= 11 is 1.22. The van der Waals surface area contributed by atoms with Gasteiger partial charge in [0.15, 0.2) is 0 Å². The number of hydrogen-bond donors (Lipinski definition) is 0. The lowest BCUT2D eigenvalue weighted by atomic mass is 10.2. The van der Waals surface area contributed by atoms with Crippen molar-refractivity contribution in [1.29, 1.82) is 0 Å². The molecule has 146 valence electrons. The van der Waals surface area contributed by atoms with Gasteiger partial charge in [-0.25, -0.2) is 0 Å². The Kier molecular flexibility index (Phi) is 14.5. The molecule has 0 saturated heterocycles. The predicted molar refractivity (Wildman–Crippen MR) is 108 cm³/mol. The van der Waals surface area contributed by atoms with Gasteiger partial charge in [0, 0.05) is 19.3 Å². The molecule has 0 N–H and O–H groups in total. The summed E-state index contributed by atoms with van der Waals surface area (Å²) in [6.07, 6.45) is 6.21. The van der Waals surface area contributed by atoms with Gasteiger partial charge in [-0.05, 0) is 12.0 Å². The molecule has 0 atom stereocenters. The highest BCUT2D eigenvalue weighted by molar-refractivity contribution is 7.98. The van der Waals surface area contributed by atoms with Crippen LogP contribution >= 0.6 is 11.8 Å². The van der Waals surface area contributed by atoms with Crippen LogP contribution in [-0.4, -0.2) is 116 Å². The third-order valence-electron chi connectivity index (χ3n) is 4.23. The van der Waals surface area contributed by atoms with Gasteiger partial charge in [-0.3, -0.25) is 0 Å². The fourth-order valence-electron chi connectivity index (χ4n) is 2.76. The molecule has 0 heterocycles. The minimum Gasteiger partial charge on any atom is -0.331 e. The summed E-state index contributed by atoms with van der Waals surface area (Å²) in [6, 6.07) is 0. The second-order valence-corrected chi connectivity index (χ2v) is 10.0. The Morgan fingerprint density at radius 1 is 0.625 bits per heavy atom. The Morgan fingerprint density at radius 2 is 0.958 bits per heavy atom. The van der Waals surface area contributed by atoms with Gasteiger partial charge >= 0.3 is 11.6 Å². The van der Waals surface area contributed by atoms with Crippen LogP contribution in [0.25, 0.3) is 0 Å². The Hall–Kier alpha value is 0.0500. The minimum absolute atomic E-state index is 0.750. The smallest absolute Gasteiger partial charge is 0.331 e. The molecule has 0 fully saturated rings. The summed E-state index contributed by atoms with van der Waals surface area (Å²) in [7, 11) is 16.4. The van der Waals surface area contributed by atoms with Crippen LogP contribution in [0.3, 0.4) is 0 Å². The molecule has 0 aromatic rings. The number of hydrogen-bond acceptors (Lipinski definition) is 3. The largest absolute Gasteiger partial charge is 0.335 e. The van der Waals surface area contributed by atoms with E-state index >= 15 is 0 Å². The molecule has 0 aliphatic carbocycles. The third-order valence-corrected chi connectivity index (χ3v) is 4.93. The van der Waals surface area contributed by atoms with Crippen molar-refractivity contribution in [1.82, 2.24) is 0 Å². The van der Waals surface area contributed by atoms with E-state index in [1.165, 1.54) is 66.7 Å². The molecule has 0 bridgehead atoms. The van der Waals surface area contributed by atoms with Gasteiger partial charge in [-0.1, -0.05) is 0 Å². The standard InChI is InChI=1S/C17H42N3S.O2S/c1-18(2,3)12-9-13-19(4,5)14-10-15-20(6,7)16-11-17-21-8;1-3-2/h9-17H2,1-8H3;/q+3;. The highest BCUT2D eigenvalue weighted by Crippen LogP contribution is 2.08. The summed E-state index contributed by atoms with van der Waals surface area (Å²) in [4.78, 5) is 0. The van der Waals surface area contributed by atoms with E-state index < -0.39 is 11.6 Å². The van der Waals surface area contributed by atoms with E-state index in [-0.39, 0.29) is 0 Å². The molecular formula is C17H42N3O2S2+3. The zero-order valence-electron chi connectivity index (χ0n) is 17.3. The SMILES string of the molecule is CSCCC[N+](C)(C)CCC[N+](C)(C)CCC[N+](C)(C)C.O=S=O. The van der Waals surface area contributed by atoms with Crippen LogP contribution < -0.4 is 0 Å². The Balaban J connectivity index is 0. The molecule has 0 aliphatic rings. The van der Waals surface area contributed by atoms with Crippen molar-refractivity contribution in [2.75, 3.05) is 94.1 Å². The van der Waals surface area contributed by atoms with Crippen molar-refractivity contribution in [3.05, 3.63) is 0 Å². The molecule has 0 unspecified atom stereocenters. The van der Waals surface area contributed by atoms with Gasteiger partial charge < -0.3 is 13.4 Å². The quantitative estimate of drug-likeness (QED) is 0.379. The zero-order chi connectivity index (χ0) is 19.3. The number of quaternary nitrogens is 3. The molecule has 5 nitrogen and oxygen atoms in total. The normalized spacial score (nSPS) is 12.5. The molecule has 0 radical (unpaired) electrons. The number of rotatable bonds is 12. The summed E-state index contributed by atoms with van der Waals surface area (Å²) in [5, 5.41) is 0. The van der Waals surface area contributed by atoms with E-state index in [0.29, 0.717) is 0 Å². The van der Waals surface area contributed by atoms with Crippen LogP contribution in [-0.2, 0) is 11.6 Å². The van der Waals surface area contributed by atoms with Gasteiger partial charge in [0.2, 0.25) is 0 Å². The van der Waals surface area contributed by atoms with Crippen LogP contribution in [0.2, 0.25) is 0 Å². The Bertz CT molecular complexity index is 350. The molecular weight excluding hydrogens is 342 g/mol. The molecule has 0 amide bonds. The van der Waals surface area contributed by atoms with E-state index in [1.807, 2.05) is 11.8 Å². The van der Waals surface area contributed by atoms with Crippen LogP contribution in [0.5, 0.6) is 0 Å². The lowest BCUT2D eigenvalue weighted by Crippen LogP contribution is -2.47.